The zero-order valence-corrected chi connectivity index (χ0v) is 59.3. The Hall–Kier alpha value is -7.30. The fraction of sp³-hybridized carbons (Fsp3) is 0.667. The van der Waals surface area contributed by atoms with Crippen LogP contribution in [0.1, 0.15) is 214 Å². The summed E-state index contributed by atoms with van der Waals surface area (Å²) in [4.78, 5) is 120. The molecule has 3 aromatic carbocycles. The SMILES string of the molecule is CC1(C)C(NC(=O)[C@@H]2C[C@H](NC(=O)[C@H]3C[C@@H](NC(=O)[C@@H]4C[C@H](NC(=O)[C@H]5C[C@@H](NC(=O)c6cccc7c6C(=O)OC76c7ccc(O)cc7Oc7cc(O)ccc76)C5(C)C)CN4CC4CCCCC4)C3(C)C)CN2CC2CCCCC2)C[C@@H]1C(=O)N[C@H]1C[C@@H](C(N)=O)N(CC2CCCCC2)C1. The second-order valence-corrected chi connectivity index (χ2v) is 33.9. The molecule has 1 spiro atoms. The first-order valence-corrected chi connectivity index (χ1v) is 37.8. The Kier molecular flexibility index (Phi) is 19.2. The lowest BCUT2D eigenvalue weighted by Crippen LogP contribution is -2.64. The van der Waals surface area contributed by atoms with Crippen molar-refractivity contribution in [2.45, 2.75) is 236 Å². The van der Waals surface area contributed by atoms with Crippen LogP contribution >= 0.6 is 0 Å². The van der Waals surface area contributed by atoms with Gasteiger partial charge in [0.25, 0.3) is 5.91 Å². The molecule has 22 nitrogen and oxygen atoms in total. The number of aromatic hydroxyl groups is 2. The topological polar surface area (TPSA) is 303 Å². The summed E-state index contributed by atoms with van der Waals surface area (Å²) in [6.45, 7) is 16.2. The predicted molar refractivity (Wildman–Crippen MR) is 373 cm³/mol. The first-order chi connectivity index (χ1) is 47.8. The van der Waals surface area contributed by atoms with Crippen molar-refractivity contribution in [2.75, 3.05) is 39.3 Å². The van der Waals surface area contributed by atoms with E-state index >= 15 is 0 Å². The van der Waals surface area contributed by atoms with Gasteiger partial charge < -0.3 is 57.3 Å². The number of likely N-dealkylation sites (tertiary alicyclic amines) is 3. The third kappa shape index (κ3) is 13.1. The van der Waals surface area contributed by atoms with Crippen molar-refractivity contribution in [3.05, 3.63) is 82.4 Å². The fourth-order valence-corrected chi connectivity index (χ4v) is 20.0. The van der Waals surface area contributed by atoms with Crippen molar-refractivity contribution >= 4 is 47.3 Å². The molecule has 6 aliphatic carbocycles. The molecule has 540 valence electrons. The molecular formula is C78H106N10O12. The molecular weight excluding hydrogens is 1270 g/mol. The van der Waals surface area contributed by atoms with E-state index in [1.54, 1.807) is 30.3 Å². The van der Waals surface area contributed by atoms with Crippen LogP contribution in [0.15, 0.2) is 54.6 Å². The number of benzene rings is 3. The number of carbonyl (C=O) groups is 8. The number of fused-ring (bicyclic) bond motifs is 6. The lowest BCUT2D eigenvalue weighted by Gasteiger charge is -2.51. The van der Waals surface area contributed by atoms with Gasteiger partial charge >= 0.3 is 5.97 Å². The largest absolute Gasteiger partial charge is 0.508 e. The summed E-state index contributed by atoms with van der Waals surface area (Å²) < 4.78 is 12.4. The second kappa shape index (κ2) is 27.5. The van der Waals surface area contributed by atoms with Crippen molar-refractivity contribution in [1.82, 2.24) is 46.6 Å². The molecule has 9 fully saturated rings. The van der Waals surface area contributed by atoms with E-state index in [9.17, 15) is 48.6 Å². The number of carbonyl (C=O) groups excluding carboxylic acids is 8. The lowest BCUT2D eigenvalue weighted by molar-refractivity contribution is -0.142. The quantitative estimate of drug-likeness (QED) is 0.0518. The molecule has 0 aromatic heterocycles. The smallest absolute Gasteiger partial charge is 0.340 e. The van der Waals surface area contributed by atoms with Crippen LogP contribution in [-0.2, 0) is 39.1 Å². The molecule has 0 radical (unpaired) electrons. The summed E-state index contributed by atoms with van der Waals surface area (Å²) in [5.41, 5.74) is 4.08. The molecule has 6 saturated carbocycles. The second-order valence-electron chi connectivity index (χ2n) is 33.9. The number of nitrogens with zero attached hydrogens (tertiary/aromatic N) is 3. The zero-order valence-electron chi connectivity index (χ0n) is 59.3. The summed E-state index contributed by atoms with van der Waals surface area (Å²) in [5.74, 6) is -1.34. The van der Waals surface area contributed by atoms with Crippen molar-refractivity contribution in [3.63, 3.8) is 0 Å². The minimum atomic E-state index is -1.55. The molecule has 14 rings (SSSR count). The number of esters is 1. The lowest BCUT2D eigenvalue weighted by atomic mass is 9.58. The van der Waals surface area contributed by atoms with E-state index in [2.05, 4.69) is 60.4 Å². The number of amides is 7. The molecule has 5 heterocycles. The normalized spacial score (nSPS) is 31.3. The molecule has 10 N–H and O–H groups in total. The van der Waals surface area contributed by atoms with E-state index in [1.165, 1.54) is 69.2 Å². The van der Waals surface area contributed by atoms with E-state index in [1.807, 2.05) is 27.7 Å². The van der Waals surface area contributed by atoms with Crippen LogP contribution in [0.2, 0.25) is 0 Å². The summed E-state index contributed by atoms with van der Waals surface area (Å²) in [6, 6.07) is 11.1. The standard InChI is InChI=1S/C78H106N10O12/c1-75(2)55(34-63(75)83-68(92)51-23-16-24-54-66(51)74(98)100-78(54)52-27-25-49(89)32-61(52)99-62-33-50(90)26-28-53(62)78)70(94)81-47-30-59(87(41-47)38-44-19-12-8-13-20-44)73(97)85-65-36-57(77(65,5)6)71(95)82-48-31-60(88(42-48)39-45-21-14-9-15-22-45)72(96)84-64-35-56(76(64,3)4)69(93)80-46-29-58(67(79)91)86(40-46)37-43-17-10-7-11-18-43/h16,23-28,32-33,43-48,55-60,63-65,89-90H,7-15,17-22,29-31,34-42H2,1-6H3,(H2,79,91)(H,80,93)(H,81,94)(H,82,95)(H,83,92)(H,84,96)(H,85,97)/t46-,47-,48-,55+,56+,57+,58-,59-,60-,63+,64?,65+/m0/s1. The molecule has 1 unspecified atom stereocenters. The van der Waals surface area contributed by atoms with Gasteiger partial charge in [0, 0.05) is 122 Å². The summed E-state index contributed by atoms with van der Waals surface area (Å²) in [5, 5.41) is 40.8. The number of nitrogens with two attached hydrogens (primary N) is 1. The van der Waals surface area contributed by atoms with E-state index in [0.29, 0.717) is 92.6 Å². The van der Waals surface area contributed by atoms with E-state index in [-0.39, 0.29) is 118 Å². The van der Waals surface area contributed by atoms with E-state index in [0.717, 1.165) is 71.0 Å². The fourth-order valence-electron chi connectivity index (χ4n) is 20.0. The first-order valence-electron chi connectivity index (χ1n) is 37.8. The van der Waals surface area contributed by atoms with Gasteiger partial charge in [0.05, 0.1) is 29.3 Å². The predicted octanol–water partition coefficient (Wildman–Crippen LogP) is 7.78. The average Bonchev–Trinajstić information content (AvgIpc) is 1.55. The Morgan fingerprint density at radius 3 is 1.24 bits per heavy atom. The Morgan fingerprint density at radius 2 is 0.850 bits per heavy atom. The van der Waals surface area contributed by atoms with Gasteiger partial charge in [0.2, 0.25) is 35.4 Å². The van der Waals surface area contributed by atoms with Crippen LogP contribution in [-0.4, -0.2) is 166 Å². The maximum atomic E-state index is 14.8. The third-order valence-electron chi connectivity index (χ3n) is 26.6. The van der Waals surface area contributed by atoms with E-state index in [4.69, 9.17) is 15.2 Å². The number of hydrogen-bond acceptors (Lipinski definition) is 15. The molecule has 7 amide bonds. The zero-order chi connectivity index (χ0) is 70.3. The highest BCUT2D eigenvalue weighted by Gasteiger charge is 2.59. The Labute approximate surface area is 587 Å². The van der Waals surface area contributed by atoms with Crippen LogP contribution < -0.4 is 42.4 Å². The highest BCUT2D eigenvalue weighted by Crippen LogP contribution is 2.58. The number of phenolic OH excluding ortho intramolecular Hbond substituents is 2. The molecule has 11 aliphatic rings. The summed E-state index contributed by atoms with van der Waals surface area (Å²) in [7, 11) is 0. The summed E-state index contributed by atoms with van der Waals surface area (Å²) in [6.07, 6.45) is 20.2. The number of phenols is 2. The van der Waals surface area contributed by atoms with Crippen molar-refractivity contribution in [3.8, 4) is 23.0 Å². The molecule has 3 saturated heterocycles. The van der Waals surface area contributed by atoms with Gasteiger partial charge in [-0.1, -0.05) is 111 Å². The van der Waals surface area contributed by atoms with Crippen LogP contribution in [0, 0.1) is 51.8 Å². The maximum absolute atomic E-state index is 14.8. The van der Waals surface area contributed by atoms with Gasteiger partial charge in [-0.05, 0) is 141 Å². The van der Waals surface area contributed by atoms with Crippen LogP contribution in [0.3, 0.4) is 0 Å². The van der Waals surface area contributed by atoms with Gasteiger partial charge in [0.15, 0.2) is 5.60 Å². The number of primary amides is 1. The van der Waals surface area contributed by atoms with E-state index < -0.39 is 57.8 Å². The van der Waals surface area contributed by atoms with Gasteiger partial charge in [-0.2, -0.15) is 0 Å². The monoisotopic (exact) mass is 1370 g/mol. The van der Waals surface area contributed by atoms with Crippen molar-refractivity contribution < 1.29 is 58.0 Å². The van der Waals surface area contributed by atoms with Gasteiger partial charge in [0.1, 0.15) is 23.0 Å². The van der Waals surface area contributed by atoms with Crippen LogP contribution in [0.5, 0.6) is 23.0 Å². The maximum Gasteiger partial charge on any atom is 0.340 e. The number of hydrogen-bond donors (Lipinski definition) is 9. The first kappa shape index (κ1) is 69.8. The molecule has 5 aliphatic heterocycles. The Balaban J connectivity index is 0.578. The minimum absolute atomic E-state index is 0.0425. The van der Waals surface area contributed by atoms with Gasteiger partial charge in [-0.25, -0.2) is 4.79 Å². The minimum Gasteiger partial charge on any atom is -0.508 e. The molecule has 0 bridgehead atoms. The van der Waals surface area contributed by atoms with Crippen molar-refractivity contribution in [2.24, 2.45) is 57.5 Å². The van der Waals surface area contributed by atoms with Crippen LogP contribution in [0.25, 0.3) is 0 Å². The number of ether oxygens (including phenoxy) is 2. The number of rotatable bonds is 19. The highest BCUT2D eigenvalue weighted by molar-refractivity contribution is 6.09. The Bertz CT molecular complexity index is 3640. The van der Waals surface area contributed by atoms with Crippen molar-refractivity contribution in [1.29, 1.82) is 0 Å². The number of nitrogens with one attached hydrogen (secondary N) is 6. The molecule has 22 heteroatoms. The average molecular weight is 1380 g/mol. The summed E-state index contributed by atoms with van der Waals surface area (Å²) >= 11 is 0. The highest BCUT2D eigenvalue weighted by atomic mass is 16.6. The van der Waals surface area contributed by atoms with Gasteiger partial charge in [-0.15, -0.1) is 0 Å². The third-order valence-corrected chi connectivity index (χ3v) is 26.6. The molecule has 100 heavy (non-hydrogen) atoms. The molecule has 3 aromatic rings. The Morgan fingerprint density at radius 1 is 0.470 bits per heavy atom. The molecule has 12 atom stereocenters. The van der Waals surface area contributed by atoms with Crippen LogP contribution in [0.4, 0.5) is 0 Å². The van der Waals surface area contributed by atoms with Gasteiger partial charge in [-0.3, -0.25) is 48.3 Å².